The van der Waals surface area contributed by atoms with Gasteiger partial charge >= 0.3 is 5.97 Å². The second-order valence-electron chi connectivity index (χ2n) is 7.65. The van der Waals surface area contributed by atoms with Gasteiger partial charge in [0.15, 0.2) is 0 Å². The number of hydrogen-bond acceptors (Lipinski definition) is 5. The number of benzene rings is 1. The number of likely N-dealkylation sites (N-methyl/N-ethyl adjacent to an activating group) is 1. The first kappa shape index (κ1) is 18.7. The van der Waals surface area contributed by atoms with Crippen LogP contribution in [0.3, 0.4) is 0 Å². The largest absolute Gasteiger partial charge is 0.477 e. The van der Waals surface area contributed by atoms with Gasteiger partial charge in [-0.05, 0) is 38.4 Å². The van der Waals surface area contributed by atoms with Crippen molar-refractivity contribution >= 4 is 22.6 Å². The van der Waals surface area contributed by atoms with Crippen LogP contribution in [0, 0.1) is 5.82 Å². The fourth-order valence-electron chi connectivity index (χ4n) is 4.09. The summed E-state index contributed by atoms with van der Waals surface area (Å²) >= 11 is 0. The summed E-state index contributed by atoms with van der Waals surface area (Å²) in [5, 5.41) is 11.6. The summed E-state index contributed by atoms with van der Waals surface area (Å²) in [7, 11) is 2.04. The number of anilines is 1. The zero-order chi connectivity index (χ0) is 19.8. The number of hydrogen-bond donors (Lipinski definition) is 1. The van der Waals surface area contributed by atoms with E-state index in [2.05, 4.69) is 4.90 Å². The third-order valence-corrected chi connectivity index (χ3v) is 5.76. The highest BCUT2D eigenvalue weighted by Gasteiger charge is 2.23. The Morgan fingerprint density at radius 2 is 1.71 bits per heavy atom. The van der Waals surface area contributed by atoms with Crippen LogP contribution in [0.4, 0.5) is 10.1 Å². The summed E-state index contributed by atoms with van der Waals surface area (Å²) in [5.41, 5.74) is 0.0606. The smallest absolute Gasteiger partial charge is 0.341 e. The molecule has 150 valence electrons. The third kappa shape index (κ3) is 3.32. The van der Waals surface area contributed by atoms with Crippen LogP contribution in [0.15, 0.2) is 23.1 Å². The summed E-state index contributed by atoms with van der Waals surface area (Å²) in [4.78, 5) is 28.5. The molecule has 0 bridgehead atoms. The first-order chi connectivity index (χ1) is 13.5. The Labute approximate surface area is 162 Å². The van der Waals surface area contributed by atoms with E-state index in [-0.39, 0.29) is 10.9 Å². The van der Waals surface area contributed by atoms with Gasteiger partial charge in [0.25, 0.3) is 0 Å². The number of carbonyl (C=O) groups is 1. The fraction of sp³-hybridized carbons (Fsp3) is 0.500. The Morgan fingerprint density at radius 3 is 2.36 bits per heavy atom. The predicted octanol–water partition coefficient (Wildman–Crippen LogP) is 1.71. The molecule has 0 spiro atoms. The molecule has 28 heavy (non-hydrogen) atoms. The average molecular weight is 388 g/mol. The molecule has 2 fully saturated rings. The highest BCUT2D eigenvalue weighted by Crippen LogP contribution is 2.27. The zero-order valence-corrected chi connectivity index (χ0v) is 16.0. The van der Waals surface area contributed by atoms with Crippen molar-refractivity contribution in [2.75, 3.05) is 56.2 Å². The molecule has 4 rings (SSSR count). The fourth-order valence-corrected chi connectivity index (χ4v) is 4.09. The second-order valence-corrected chi connectivity index (χ2v) is 7.65. The van der Waals surface area contributed by atoms with Gasteiger partial charge in [-0.15, -0.1) is 0 Å². The highest BCUT2D eigenvalue weighted by molar-refractivity contribution is 5.93. The van der Waals surface area contributed by atoms with Crippen LogP contribution in [0.1, 0.15) is 29.6 Å². The van der Waals surface area contributed by atoms with Crippen molar-refractivity contribution < 1.29 is 14.3 Å². The van der Waals surface area contributed by atoms with E-state index in [1.165, 1.54) is 12.3 Å². The number of carboxylic acids is 1. The number of rotatable bonds is 3. The number of fused-ring (bicyclic) bond motifs is 1. The minimum atomic E-state index is -1.29. The summed E-state index contributed by atoms with van der Waals surface area (Å²) in [5.74, 6) is -1.77. The van der Waals surface area contributed by atoms with Crippen LogP contribution in [0.2, 0.25) is 0 Å². The normalized spacial score (nSPS) is 18.6. The highest BCUT2D eigenvalue weighted by atomic mass is 19.1. The molecule has 1 N–H and O–H groups in total. The lowest BCUT2D eigenvalue weighted by atomic mass is 10.1. The molecule has 2 saturated heterocycles. The standard InChI is InChI=1S/C20H25FN4O3/c1-22-7-9-23(10-8-22)18-12-17-14(11-16(18)21)19(26)15(20(27)28)13-25(17)24-5-3-2-4-6-24/h11-13H,2-10H2,1H3,(H,27,28). The van der Waals surface area contributed by atoms with Crippen molar-refractivity contribution in [1.82, 2.24) is 9.58 Å². The Kier molecular flexibility index (Phi) is 4.97. The van der Waals surface area contributed by atoms with Gasteiger partial charge in [0.05, 0.1) is 16.6 Å². The summed E-state index contributed by atoms with van der Waals surface area (Å²) in [6.45, 7) is 4.65. The van der Waals surface area contributed by atoms with Gasteiger partial charge in [-0.1, -0.05) is 0 Å². The molecule has 0 amide bonds. The molecule has 2 aromatic rings. The number of halogens is 1. The molecule has 0 saturated carbocycles. The Hall–Kier alpha value is -2.61. The van der Waals surface area contributed by atoms with Gasteiger partial charge in [0, 0.05) is 45.5 Å². The van der Waals surface area contributed by atoms with Gasteiger partial charge in [-0.25, -0.2) is 9.18 Å². The quantitative estimate of drug-likeness (QED) is 0.864. The lowest BCUT2D eigenvalue weighted by Crippen LogP contribution is -2.45. The van der Waals surface area contributed by atoms with Gasteiger partial charge < -0.3 is 19.9 Å². The molecule has 0 atom stereocenters. The Morgan fingerprint density at radius 1 is 1.04 bits per heavy atom. The van der Waals surface area contributed by atoms with Crippen molar-refractivity contribution in [2.24, 2.45) is 0 Å². The van der Waals surface area contributed by atoms with Crippen LogP contribution in [-0.2, 0) is 0 Å². The van der Waals surface area contributed by atoms with Crippen molar-refractivity contribution in [3.63, 3.8) is 0 Å². The number of nitrogens with zero attached hydrogens (tertiary/aromatic N) is 4. The summed E-state index contributed by atoms with van der Waals surface area (Å²) in [6.07, 6.45) is 4.52. The molecule has 2 aliphatic heterocycles. The van der Waals surface area contributed by atoms with E-state index in [9.17, 15) is 19.1 Å². The van der Waals surface area contributed by atoms with Crippen molar-refractivity contribution in [3.8, 4) is 0 Å². The lowest BCUT2D eigenvalue weighted by molar-refractivity contribution is 0.0694. The molecule has 1 aromatic carbocycles. The maximum absolute atomic E-state index is 14.9. The van der Waals surface area contributed by atoms with Crippen LogP contribution in [0.5, 0.6) is 0 Å². The number of carboxylic acid groups (broad SMARTS) is 1. The average Bonchev–Trinajstić information content (AvgIpc) is 2.69. The zero-order valence-electron chi connectivity index (χ0n) is 16.0. The third-order valence-electron chi connectivity index (χ3n) is 5.76. The van der Waals surface area contributed by atoms with E-state index >= 15 is 0 Å². The van der Waals surface area contributed by atoms with E-state index in [0.29, 0.717) is 24.3 Å². The van der Waals surface area contributed by atoms with Crippen molar-refractivity contribution in [2.45, 2.75) is 19.3 Å². The minimum Gasteiger partial charge on any atom is -0.477 e. The number of pyridine rings is 1. The number of aromatic carboxylic acids is 1. The van der Waals surface area contributed by atoms with E-state index in [4.69, 9.17) is 0 Å². The molecule has 0 aliphatic carbocycles. The topological polar surface area (TPSA) is 69.0 Å². The first-order valence-electron chi connectivity index (χ1n) is 9.76. The predicted molar refractivity (Wildman–Crippen MR) is 107 cm³/mol. The maximum Gasteiger partial charge on any atom is 0.341 e. The van der Waals surface area contributed by atoms with E-state index in [1.54, 1.807) is 10.7 Å². The first-order valence-corrected chi connectivity index (χ1v) is 9.76. The van der Waals surface area contributed by atoms with Crippen molar-refractivity contribution in [3.05, 3.63) is 39.9 Å². The van der Waals surface area contributed by atoms with E-state index in [1.807, 2.05) is 17.0 Å². The molecule has 0 unspecified atom stereocenters. The Balaban J connectivity index is 1.89. The van der Waals surface area contributed by atoms with Crippen LogP contribution >= 0.6 is 0 Å². The molecule has 7 nitrogen and oxygen atoms in total. The molecule has 8 heteroatoms. The number of piperazine rings is 1. The van der Waals surface area contributed by atoms with Crippen LogP contribution in [-0.4, -0.2) is 67.0 Å². The van der Waals surface area contributed by atoms with Crippen LogP contribution < -0.4 is 15.3 Å². The monoisotopic (exact) mass is 388 g/mol. The lowest BCUT2D eigenvalue weighted by Gasteiger charge is -2.35. The van der Waals surface area contributed by atoms with E-state index < -0.39 is 17.2 Å². The molecule has 2 aliphatic rings. The molecule has 1 aromatic heterocycles. The minimum absolute atomic E-state index is 0.112. The van der Waals surface area contributed by atoms with Gasteiger partial charge in [-0.2, -0.15) is 0 Å². The van der Waals surface area contributed by atoms with E-state index in [0.717, 1.165) is 45.4 Å². The van der Waals surface area contributed by atoms with Gasteiger partial charge in [-0.3, -0.25) is 9.47 Å². The molecular formula is C20H25FN4O3. The maximum atomic E-state index is 14.9. The molecule has 0 radical (unpaired) electrons. The van der Waals surface area contributed by atoms with Crippen molar-refractivity contribution in [1.29, 1.82) is 0 Å². The molecular weight excluding hydrogens is 363 g/mol. The van der Waals surface area contributed by atoms with Gasteiger partial charge in [0.2, 0.25) is 5.43 Å². The number of aromatic nitrogens is 1. The van der Waals surface area contributed by atoms with Gasteiger partial charge in [0.1, 0.15) is 11.4 Å². The summed E-state index contributed by atoms with van der Waals surface area (Å²) in [6, 6.07) is 2.91. The molecule has 3 heterocycles. The SMILES string of the molecule is CN1CCN(c2cc3c(cc2F)c(=O)c(C(=O)O)cn3N2CCCCC2)CC1. The summed E-state index contributed by atoms with van der Waals surface area (Å²) < 4.78 is 16.7. The Bertz CT molecular complexity index is 960. The number of piperidine rings is 1. The second kappa shape index (κ2) is 7.43. The van der Waals surface area contributed by atoms with Crippen LogP contribution in [0.25, 0.3) is 10.9 Å².